The molecule has 1 heterocycles. The highest BCUT2D eigenvalue weighted by Gasteiger charge is 2.46. The zero-order valence-corrected chi connectivity index (χ0v) is 18.6. The minimum atomic E-state index is -1.70. The summed E-state index contributed by atoms with van der Waals surface area (Å²) in [6.07, 6.45) is -0.573. The number of carbonyl (C=O) groups is 3. The van der Waals surface area contributed by atoms with Gasteiger partial charge in [-0.3, -0.25) is 9.59 Å². The van der Waals surface area contributed by atoms with Gasteiger partial charge in [0.1, 0.15) is 0 Å². The Morgan fingerprint density at radius 1 is 0.839 bits per heavy atom. The van der Waals surface area contributed by atoms with E-state index in [0.717, 1.165) is 10.8 Å². The van der Waals surface area contributed by atoms with Gasteiger partial charge in [-0.05, 0) is 57.5 Å². The molecule has 0 atom stereocenters. The Morgan fingerprint density at radius 2 is 1.45 bits per heavy atom. The number of hydrogen-bond donors (Lipinski definition) is 0. The van der Waals surface area contributed by atoms with Gasteiger partial charge < -0.3 is 14.2 Å². The van der Waals surface area contributed by atoms with Crippen molar-refractivity contribution in [3.63, 3.8) is 0 Å². The van der Waals surface area contributed by atoms with Crippen LogP contribution in [0.15, 0.2) is 36.4 Å². The summed E-state index contributed by atoms with van der Waals surface area (Å²) >= 11 is 6.18. The first-order valence-corrected chi connectivity index (χ1v) is 10.4. The lowest BCUT2D eigenvalue weighted by Crippen LogP contribution is -2.43. The van der Waals surface area contributed by atoms with Crippen LogP contribution in [0.5, 0.6) is 0 Å². The summed E-state index contributed by atoms with van der Waals surface area (Å²) in [5.74, 6) is -1.45. The van der Waals surface area contributed by atoms with E-state index in [2.05, 4.69) is 0 Å². The summed E-state index contributed by atoms with van der Waals surface area (Å²) in [6.45, 7) is 6.90. The summed E-state index contributed by atoms with van der Waals surface area (Å²) in [6, 6.07) is 10.2. The number of esters is 2. The molecule has 0 aliphatic carbocycles. The summed E-state index contributed by atoms with van der Waals surface area (Å²) < 4.78 is 17.0. The Bertz CT molecular complexity index is 1150. The van der Waals surface area contributed by atoms with Crippen LogP contribution in [0.2, 0.25) is 5.02 Å². The molecular formula is C23H24ClNO6. The van der Waals surface area contributed by atoms with Gasteiger partial charge in [0, 0.05) is 15.8 Å². The fourth-order valence-electron chi connectivity index (χ4n) is 3.56. The molecule has 8 heteroatoms. The van der Waals surface area contributed by atoms with Crippen molar-refractivity contribution in [2.45, 2.75) is 33.1 Å². The minimum Gasteiger partial charge on any atom is -0.465 e. The van der Waals surface area contributed by atoms with E-state index in [-0.39, 0.29) is 19.8 Å². The van der Waals surface area contributed by atoms with Crippen molar-refractivity contribution in [3.05, 3.63) is 47.0 Å². The van der Waals surface area contributed by atoms with Gasteiger partial charge in [0.25, 0.3) is 0 Å². The van der Waals surface area contributed by atoms with Gasteiger partial charge >= 0.3 is 18.0 Å². The molecule has 3 aromatic rings. The van der Waals surface area contributed by atoms with Crippen LogP contribution in [-0.2, 0) is 29.2 Å². The maximum absolute atomic E-state index is 12.8. The Hall–Kier alpha value is -3.06. The highest BCUT2D eigenvalue weighted by atomic mass is 35.5. The molecule has 7 nitrogen and oxygen atoms in total. The monoisotopic (exact) mass is 445 g/mol. The molecule has 0 aliphatic rings. The molecule has 0 aliphatic heterocycles. The lowest BCUT2D eigenvalue weighted by atomic mass is 9.82. The van der Waals surface area contributed by atoms with Gasteiger partial charge in [0.15, 0.2) is 5.41 Å². The fraction of sp³-hybridized carbons (Fsp3) is 0.348. The number of aromatic nitrogens is 1. The number of fused-ring (bicyclic) bond motifs is 3. The number of ether oxygens (including phenoxy) is 3. The summed E-state index contributed by atoms with van der Waals surface area (Å²) in [5.41, 5.74) is -0.276. The van der Waals surface area contributed by atoms with Crippen LogP contribution >= 0.6 is 11.6 Å². The SMILES string of the molecule is CCOC(=O)n1c2ccc(Cl)cc2c2ccc(C(C)(C(=O)OCC)C(=O)OCC)cc21. The van der Waals surface area contributed by atoms with Crippen LogP contribution in [-0.4, -0.2) is 42.4 Å². The van der Waals surface area contributed by atoms with Gasteiger partial charge in [0.05, 0.1) is 30.9 Å². The van der Waals surface area contributed by atoms with E-state index < -0.39 is 23.4 Å². The quantitative estimate of drug-likeness (QED) is 0.307. The third-order valence-corrected chi connectivity index (χ3v) is 5.36. The molecule has 0 unspecified atom stereocenters. The first-order chi connectivity index (χ1) is 14.8. The molecule has 0 amide bonds. The Morgan fingerprint density at radius 3 is 2.03 bits per heavy atom. The van der Waals surface area contributed by atoms with E-state index in [1.807, 2.05) is 0 Å². The number of nitrogens with zero attached hydrogens (tertiary/aromatic N) is 1. The Kier molecular flexibility index (Phi) is 6.55. The Labute approximate surface area is 184 Å². The summed E-state index contributed by atoms with van der Waals surface area (Å²) in [7, 11) is 0. The largest absolute Gasteiger partial charge is 0.465 e. The van der Waals surface area contributed by atoms with E-state index in [1.165, 1.54) is 11.5 Å². The molecule has 0 spiro atoms. The molecule has 0 fully saturated rings. The van der Waals surface area contributed by atoms with Crippen molar-refractivity contribution in [1.29, 1.82) is 0 Å². The predicted molar refractivity (Wildman–Crippen MR) is 117 cm³/mol. The van der Waals surface area contributed by atoms with Gasteiger partial charge in [0.2, 0.25) is 0 Å². The molecule has 31 heavy (non-hydrogen) atoms. The van der Waals surface area contributed by atoms with Crippen LogP contribution in [0.1, 0.15) is 33.3 Å². The number of hydrogen-bond acceptors (Lipinski definition) is 6. The van der Waals surface area contributed by atoms with E-state index in [0.29, 0.717) is 21.6 Å². The highest BCUT2D eigenvalue weighted by Crippen LogP contribution is 2.36. The minimum absolute atomic E-state index is 0.109. The topological polar surface area (TPSA) is 83.8 Å². The van der Waals surface area contributed by atoms with Gasteiger partial charge in [-0.1, -0.05) is 23.7 Å². The number of benzene rings is 2. The van der Waals surface area contributed by atoms with Crippen molar-refractivity contribution in [3.8, 4) is 0 Å². The summed E-state index contributed by atoms with van der Waals surface area (Å²) in [4.78, 5) is 38.4. The normalized spacial score (nSPS) is 11.5. The second-order valence-electron chi connectivity index (χ2n) is 6.99. The van der Waals surface area contributed by atoms with Crippen molar-refractivity contribution >= 4 is 51.4 Å². The van der Waals surface area contributed by atoms with Crippen molar-refractivity contribution in [2.75, 3.05) is 19.8 Å². The maximum atomic E-state index is 12.8. The molecule has 0 saturated carbocycles. The van der Waals surface area contributed by atoms with Crippen molar-refractivity contribution < 1.29 is 28.6 Å². The van der Waals surface area contributed by atoms with E-state index in [9.17, 15) is 14.4 Å². The number of carbonyl (C=O) groups excluding carboxylic acids is 3. The van der Waals surface area contributed by atoms with Gasteiger partial charge in [-0.15, -0.1) is 0 Å². The molecule has 0 bridgehead atoms. The van der Waals surface area contributed by atoms with Crippen LogP contribution in [0.3, 0.4) is 0 Å². The molecular weight excluding hydrogens is 422 g/mol. The van der Waals surface area contributed by atoms with Crippen LogP contribution in [0.4, 0.5) is 4.79 Å². The average Bonchev–Trinajstić information content (AvgIpc) is 3.06. The smallest absolute Gasteiger partial charge is 0.418 e. The van der Waals surface area contributed by atoms with E-state index in [4.69, 9.17) is 25.8 Å². The second-order valence-corrected chi connectivity index (χ2v) is 7.43. The fourth-order valence-corrected chi connectivity index (χ4v) is 3.73. The van der Waals surface area contributed by atoms with E-state index >= 15 is 0 Å². The number of rotatable bonds is 6. The van der Waals surface area contributed by atoms with Crippen LogP contribution in [0.25, 0.3) is 21.8 Å². The Balaban J connectivity index is 2.32. The van der Waals surface area contributed by atoms with Crippen molar-refractivity contribution in [1.82, 2.24) is 4.57 Å². The molecule has 0 N–H and O–H groups in total. The second kappa shape index (κ2) is 8.98. The van der Waals surface area contributed by atoms with Gasteiger partial charge in [-0.2, -0.15) is 0 Å². The van der Waals surface area contributed by atoms with Crippen LogP contribution < -0.4 is 0 Å². The highest BCUT2D eigenvalue weighted by molar-refractivity contribution is 6.32. The predicted octanol–water partition coefficient (Wildman–Crippen LogP) is 4.84. The molecule has 0 radical (unpaired) electrons. The third-order valence-electron chi connectivity index (χ3n) is 5.12. The molecule has 0 saturated heterocycles. The maximum Gasteiger partial charge on any atom is 0.418 e. The first kappa shape index (κ1) is 22.6. The lowest BCUT2D eigenvalue weighted by Gasteiger charge is -2.25. The standard InChI is InChI=1S/C23H24ClNO6/c1-5-29-20(26)23(4,21(27)30-6-2)14-8-10-16-17-13-15(24)9-11-18(17)25(19(16)12-14)22(28)31-7-3/h8-13H,5-7H2,1-4H3. The number of halogens is 1. The molecule has 1 aromatic heterocycles. The van der Waals surface area contributed by atoms with Crippen LogP contribution in [0, 0.1) is 0 Å². The molecule has 2 aromatic carbocycles. The zero-order valence-electron chi connectivity index (χ0n) is 17.9. The zero-order chi connectivity index (χ0) is 22.8. The molecule has 164 valence electrons. The van der Waals surface area contributed by atoms with Gasteiger partial charge in [-0.25, -0.2) is 9.36 Å². The lowest BCUT2D eigenvalue weighted by molar-refractivity contribution is -0.163. The molecule has 3 rings (SSSR count). The third kappa shape index (κ3) is 3.85. The first-order valence-electron chi connectivity index (χ1n) is 10.0. The van der Waals surface area contributed by atoms with E-state index in [1.54, 1.807) is 57.2 Å². The average molecular weight is 446 g/mol. The summed E-state index contributed by atoms with van der Waals surface area (Å²) in [5, 5.41) is 1.99. The van der Waals surface area contributed by atoms with Crippen molar-refractivity contribution in [2.24, 2.45) is 0 Å².